The molecule has 0 saturated carbocycles. The Hall–Kier alpha value is -3.60. The number of aryl methyl sites for hydroxylation is 1. The Balaban J connectivity index is 1.48. The van der Waals surface area contributed by atoms with Crippen LogP contribution in [-0.4, -0.2) is 44.9 Å². The fourth-order valence-electron chi connectivity index (χ4n) is 3.44. The van der Waals surface area contributed by atoms with Gasteiger partial charge in [0.15, 0.2) is 6.19 Å². The quantitative estimate of drug-likeness (QED) is 0.554. The molecule has 1 aromatic carbocycles. The van der Waals surface area contributed by atoms with Crippen LogP contribution in [0.1, 0.15) is 23.4 Å². The maximum Gasteiger partial charge on any atom is 0.292 e. The van der Waals surface area contributed by atoms with Crippen molar-refractivity contribution in [2.24, 2.45) is 7.05 Å². The van der Waals surface area contributed by atoms with Crippen LogP contribution in [0.15, 0.2) is 47.2 Å². The second kappa shape index (κ2) is 7.56. The van der Waals surface area contributed by atoms with Gasteiger partial charge in [0.1, 0.15) is 5.69 Å². The van der Waals surface area contributed by atoms with Gasteiger partial charge in [0, 0.05) is 43.5 Å². The summed E-state index contributed by atoms with van der Waals surface area (Å²) in [5.41, 5.74) is 3.58. The first kappa shape index (κ1) is 17.8. The second-order valence-electron chi connectivity index (χ2n) is 6.90. The van der Waals surface area contributed by atoms with Crippen LogP contribution < -0.4 is 5.32 Å². The van der Waals surface area contributed by atoms with Gasteiger partial charge in [-0.2, -0.15) is 10.4 Å². The summed E-state index contributed by atoms with van der Waals surface area (Å²) in [7, 11) is 1.88. The number of likely N-dealkylation sites (tertiary alicyclic amines) is 1. The van der Waals surface area contributed by atoms with Crippen molar-refractivity contribution >= 4 is 5.91 Å². The highest BCUT2D eigenvalue weighted by atomic mass is 16.5. The Morgan fingerprint density at radius 3 is 2.79 bits per heavy atom. The van der Waals surface area contributed by atoms with Crippen LogP contribution in [0.3, 0.4) is 0 Å². The first-order valence-electron chi connectivity index (χ1n) is 9.14. The lowest BCUT2D eigenvalue weighted by atomic mass is 10.0. The van der Waals surface area contributed by atoms with E-state index in [9.17, 15) is 4.79 Å². The number of piperidine rings is 1. The van der Waals surface area contributed by atoms with Crippen molar-refractivity contribution in [3.8, 4) is 28.6 Å². The lowest BCUT2D eigenvalue weighted by molar-refractivity contribution is 0.0659. The summed E-state index contributed by atoms with van der Waals surface area (Å²) in [6.45, 7) is 1.14. The van der Waals surface area contributed by atoms with E-state index in [0.29, 0.717) is 18.8 Å². The molecule has 142 valence electrons. The van der Waals surface area contributed by atoms with E-state index in [1.807, 2.05) is 49.9 Å². The highest BCUT2D eigenvalue weighted by molar-refractivity contribution is 5.92. The Morgan fingerprint density at radius 2 is 2.07 bits per heavy atom. The van der Waals surface area contributed by atoms with Gasteiger partial charge in [0.2, 0.25) is 5.76 Å². The fraction of sp³-hybridized carbons (Fsp3) is 0.300. The number of rotatable bonds is 4. The largest absolute Gasteiger partial charge is 0.350 e. The molecule has 1 amide bonds. The van der Waals surface area contributed by atoms with E-state index in [-0.39, 0.29) is 17.7 Å². The number of nitrogens with one attached hydrogen (secondary N) is 1. The maximum absolute atomic E-state index is 12.7. The van der Waals surface area contributed by atoms with Crippen LogP contribution >= 0.6 is 0 Å². The minimum absolute atomic E-state index is 0.00916. The van der Waals surface area contributed by atoms with Crippen LogP contribution in [-0.2, 0) is 7.05 Å². The summed E-state index contributed by atoms with van der Waals surface area (Å²) in [4.78, 5) is 14.4. The number of hydrogen-bond donors (Lipinski definition) is 1. The number of amides is 1. The summed E-state index contributed by atoms with van der Waals surface area (Å²) in [5.74, 6) is 0.0131. The van der Waals surface area contributed by atoms with Crippen LogP contribution in [0.2, 0.25) is 0 Å². The number of aromatic nitrogens is 3. The molecule has 0 bridgehead atoms. The van der Waals surface area contributed by atoms with Gasteiger partial charge in [0.05, 0.1) is 12.2 Å². The Morgan fingerprint density at radius 1 is 1.29 bits per heavy atom. The third-order valence-corrected chi connectivity index (χ3v) is 4.92. The van der Waals surface area contributed by atoms with Crippen LogP contribution in [0.5, 0.6) is 0 Å². The summed E-state index contributed by atoms with van der Waals surface area (Å²) in [6.07, 6.45) is 7.45. The molecule has 0 spiro atoms. The molecule has 1 aliphatic rings. The first-order chi connectivity index (χ1) is 13.6. The lowest BCUT2D eigenvalue weighted by Crippen LogP contribution is -2.46. The molecule has 1 atom stereocenters. The van der Waals surface area contributed by atoms with E-state index in [1.165, 1.54) is 0 Å². The number of benzene rings is 1. The highest BCUT2D eigenvalue weighted by Gasteiger charge is 2.27. The Labute approximate surface area is 162 Å². The molecule has 1 aliphatic heterocycles. The number of nitriles is 1. The zero-order valence-electron chi connectivity index (χ0n) is 15.5. The van der Waals surface area contributed by atoms with Crippen molar-refractivity contribution in [1.29, 1.82) is 5.26 Å². The van der Waals surface area contributed by atoms with Crippen LogP contribution in [0.4, 0.5) is 0 Å². The zero-order chi connectivity index (χ0) is 19.5. The summed E-state index contributed by atoms with van der Waals surface area (Å²) in [6, 6.07) is 9.54. The van der Waals surface area contributed by atoms with Gasteiger partial charge in [-0.05, 0) is 18.4 Å². The Bertz CT molecular complexity index is 1010. The smallest absolute Gasteiger partial charge is 0.292 e. The Kier molecular flexibility index (Phi) is 4.81. The van der Waals surface area contributed by atoms with E-state index in [1.54, 1.807) is 15.6 Å². The van der Waals surface area contributed by atoms with Gasteiger partial charge in [0.25, 0.3) is 5.91 Å². The minimum Gasteiger partial charge on any atom is -0.350 e. The molecule has 2 aromatic heterocycles. The molecule has 1 saturated heterocycles. The highest BCUT2D eigenvalue weighted by Crippen LogP contribution is 2.25. The molecule has 4 rings (SSSR count). The van der Waals surface area contributed by atoms with E-state index in [2.05, 4.69) is 15.6 Å². The minimum atomic E-state index is -0.199. The molecule has 0 aliphatic carbocycles. The third kappa shape index (κ3) is 3.60. The second-order valence-corrected chi connectivity index (χ2v) is 6.90. The SMILES string of the molecule is Cn1cc(-c2ccc(-c3cc(C(=O)N4CCCC(NC#N)C4)on3)cc2)cn1. The van der Waals surface area contributed by atoms with Gasteiger partial charge in [-0.1, -0.05) is 29.4 Å². The van der Waals surface area contributed by atoms with E-state index >= 15 is 0 Å². The molecule has 3 aromatic rings. The van der Waals surface area contributed by atoms with Crippen molar-refractivity contribution in [2.75, 3.05) is 13.1 Å². The van der Waals surface area contributed by atoms with Gasteiger partial charge in [-0.15, -0.1) is 0 Å². The monoisotopic (exact) mass is 376 g/mol. The number of carbonyl (C=O) groups excluding carboxylic acids is 1. The molecule has 28 heavy (non-hydrogen) atoms. The zero-order valence-corrected chi connectivity index (χ0v) is 15.5. The van der Waals surface area contributed by atoms with Crippen molar-refractivity contribution in [3.05, 3.63) is 48.5 Å². The van der Waals surface area contributed by atoms with Crippen molar-refractivity contribution in [3.63, 3.8) is 0 Å². The fourth-order valence-corrected chi connectivity index (χ4v) is 3.44. The predicted octanol–water partition coefficient (Wildman–Crippen LogP) is 2.42. The van der Waals surface area contributed by atoms with E-state index in [0.717, 1.165) is 29.5 Å². The normalized spacial score (nSPS) is 16.6. The molecule has 0 radical (unpaired) electrons. The van der Waals surface area contributed by atoms with Crippen molar-refractivity contribution in [1.82, 2.24) is 25.2 Å². The molecule has 1 fully saturated rings. The third-order valence-electron chi connectivity index (χ3n) is 4.92. The molecule has 1 N–H and O–H groups in total. The van der Waals surface area contributed by atoms with Gasteiger partial charge in [-0.3, -0.25) is 9.48 Å². The van der Waals surface area contributed by atoms with Crippen molar-refractivity contribution < 1.29 is 9.32 Å². The standard InChI is InChI=1S/C20H20N6O2/c1-25-11-16(10-23-25)14-4-6-15(7-5-14)18-9-19(28-24-18)20(27)26-8-2-3-17(12-26)22-13-21/h4-7,9-11,17,22H,2-3,8,12H2,1H3. The maximum atomic E-state index is 12.7. The van der Waals surface area contributed by atoms with Gasteiger partial charge < -0.3 is 14.7 Å². The molecule has 3 heterocycles. The van der Waals surface area contributed by atoms with E-state index < -0.39 is 0 Å². The molecular formula is C20H20N6O2. The predicted molar refractivity (Wildman–Crippen MR) is 102 cm³/mol. The average Bonchev–Trinajstić information content (AvgIpc) is 3.37. The van der Waals surface area contributed by atoms with Gasteiger partial charge >= 0.3 is 0 Å². The molecule has 1 unspecified atom stereocenters. The van der Waals surface area contributed by atoms with Gasteiger partial charge in [-0.25, -0.2) is 0 Å². The van der Waals surface area contributed by atoms with Crippen LogP contribution in [0.25, 0.3) is 22.4 Å². The van der Waals surface area contributed by atoms with Crippen LogP contribution in [0, 0.1) is 11.5 Å². The summed E-state index contributed by atoms with van der Waals surface area (Å²) >= 11 is 0. The van der Waals surface area contributed by atoms with E-state index in [4.69, 9.17) is 9.78 Å². The number of carbonyl (C=O) groups is 1. The average molecular weight is 376 g/mol. The summed E-state index contributed by atoms with van der Waals surface area (Å²) in [5, 5.41) is 19.8. The topological polar surface area (TPSA) is 100.0 Å². The number of nitrogens with zero attached hydrogens (tertiary/aromatic N) is 5. The molecule has 8 nitrogen and oxygen atoms in total. The number of hydrogen-bond acceptors (Lipinski definition) is 6. The first-order valence-corrected chi connectivity index (χ1v) is 9.14. The lowest BCUT2D eigenvalue weighted by Gasteiger charge is -2.31. The van der Waals surface area contributed by atoms with Crippen molar-refractivity contribution in [2.45, 2.75) is 18.9 Å². The summed E-state index contributed by atoms with van der Waals surface area (Å²) < 4.78 is 7.07. The molecule has 8 heteroatoms. The molecular weight excluding hydrogens is 356 g/mol.